The van der Waals surface area contributed by atoms with E-state index in [2.05, 4.69) is 25.7 Å². The highest BCUT2D eigenvalue weighted by Gasteiger charge is 2.28. The Morgan fingerprint density at radius 3 is 1.11 bits per heavy atom. The van der Waals surface area contributed by atoms with Gasteiger partial charge in [0.15, 0.2) is 0 Å². The van der Waals surface area contributed by atoms with Gasteiger partial charge in [-0.3, -0.25) is 4.90 Å². The van der Waals surface area contributed by atoms with E-state index >= 15 is 0 Å². The predicted molar refractivity (Wildman–Crippen MR) is 119 cm³/mol. The lowest BCUT2D eigenvalue weighted by Crippen LogP contribution is -2.46. The van der Waals surface area contributed by atoms with Gasteiger partial charge in [0.1, 0.15) is 0 Å². The van der Waals surface area contributed by atoms with Crippen LogP contribution in [0.4, 0.5) is 0 Å². The van der Waals surface area contributed by atoms with Crippen molar-refractivity contribution in [3.8, 4) is 0 Å². The van der Waals surface area contributed by atoms with E-state index in [1.54, 1.807) is 0 Å². The van der Waals surface area contributed by atoms with Gasteiger partial charge in [-0.25, -0.2) is 0 Å². The van der Waals surface area contributed by atoms with Gasteiger partial charge >= 0.3 is 0 Å². The van der Waals surface area contributed by atoms with Crippen LogP contribution in [0.15, 0.2) is 0 Å². The van der Waals surface area contributed by atoms with E-state index in [0.29, 0.717) is 0 Å². The lowest BCUT2D eigenvalue weighted by molar-refractivity contribution is -0.296. The molecule has 0 rings (SSSR count). The fourth-order valence-corrected chi connectivity index (χ4v) is 3.29. The summed E-state index contributed by atoms with van der Waals surface area (Å²) in [6, 6.07) is 0. The van der Waals surface area contributed by atoms with Crippen LogP contribution in [0.3, 0.4) is 0 Å². The molecule has 0 aromatic heterocycles. The lowest BCUT2D eigenvalue weighted by atomic mass is 10.1. The normalized spacial score (nSPS) is 12.2. The third-order valence-corrected chi connectivity index (χ3v) is 5.55. The SMILES string of the molecule is CCCCCCCCCCOC(C)(OCCCCCCCCCC)N(C)C. The molecule has 0 aliphatic heterocycles. The maximum Gasteiger partial charge on any atom is 0.226 e. The molecule has 3 heteroatoms. The van der Waals surface area contributed by atoms with E-state index in [1.807, 2.05) is 14.1 Å². The van der Waals surface area contributed by atoms with Crippen LogP contribution in [0, 0.1) is 0 Å². The highest BCUT2D eigenvalue weighted by Crippen LogP contribution is 2.18. The molecular weight excluding hydrogens is 334 g/mol. The van der Waals surface area contributed by atoms with Crippen LogP contribution in [0.25, 0.3) is 0 Å². The zero-order valence-electron chi connectivity index (χ0n) is 19.5. The number of unbranched alkanes of at least 4 members (excludes halogenated alkanes) is 14. The van der Waals surface area contributed by atoms with Crippen LogP contribution in [0.5, 0.6) is 0 Å². The first kappa shape index (κ1) is 26.9. The van der Waals surface area contributed by atoms with Crippen LogP contribution in [-0.4, -0.2) is 38.1 Å². The smallest absolute Gasteiger partial charge is 0.226 e. The topological polar surface area (TPSA) is 21.7 Å². The largest absolute Gasteiger partial charge is 0.337 e. The van der Waals surface area contributed by atoms with Crippen molar-refractivity contribution in [2.45, 2.75) is 129 Å². The van der Waals surface area contributed by atoms with Crippen LogP contribution in [0.1, 0.15) is 124 Å². The molecule has 0 aromatic carbocycles. The molecule has 0 aromatic rings. The summed E-state index contributed by atoms with van der Waals surface area (Å²) in [5, 5.41) is 0. The Hall–Kier alpha value is -0.120. The summed E-state index contributed by atoms with van der Waals surface area (Å²) in [7, 11) is 4.09. The van der Waals surface area contributed by atoms with E-state index in [-0.39, 0.29) is 0 Å². The van der Waals surface area contributed by atoms with Gasteiger partial charge in [-0.2, -0.15) is 0 Å². The highest BCUT2D eigenvalue weighted by molar-refractivity contribution is 4.60. The standard InChI is InChI=1S/C24H51NO2/c1-6-8-10-12-14-16-18-20-22-26-24(3,25(4)5)27-23-21-19-17-15-13-11-9-7-2/h6-23H2,1-5H3. The van der Waals surface area contributed by atoms with Gasteiger partial charge in [0.25, 0.3) is 0 Å². The third-order valence-electron chi connectivity index (χ3n) is 5.55. The summed E-state index contributed by atoms with van der Waals surface area (Å²) in [6.07, 6.45) is 21.3. The van der Waals surface area contributed by atoms with Gasteiger partial charge in [-0.15, -0.1) is 0 Å². The monoisotopic (exact) mass is 385 g/mol. The second-order valence-electron chi connectivity index (χ2n) is 8.44. The van der Waals surface area contributed by atoms with Crippen molar-refractivity contribution in [3.05, 3.63) is 0 Å². The molecule has 0 bridgehead atoms. The lowest BCUT2D eigenvalue weighted by Gasteiger charge is -2.36. The summed E-state index contributed by atoms with van der Waals surface area (Å²) < 4.78 is 12.2. The molecule has 0 heterocycles. The number of rotatable bonds is 21. The molecule has 0 aliphatic carbocycles. The number of hydrogen-bond donors (Lipinski definition) is 0. The number of ether oxygens (including phenoxy) is 2. The molecule has 0 saturated heterocycles. The molecule has 0 fully saturated rings. The van der Waals surface area contributed by atoms with Crippen molar-refractivity contribution in [3.63, 3.8) is 0 Å². The van der Waals surface area contributed by atoms with Crippen LogP contribution in [0.2, 0.25) is 0 Å². The minimum Gasteiger partial charge on any atom is -0.337 e. The van der Waals surface area contributed by atoms with E-state index in [0.717, 1.165) is 26.1 Å². The molecule has 0 aliphatic rings. The Bertz CT molecular complexity index is 272. The molecular formula is C24H51NO2. The average molecular weight is 386 g/mol. The van der Waals surface area contributed by atoms with Gasteiger partial charge in [-0.1, -0.05) is 104 Å². The van der Waals surface area contributed by atoms with Gasteiger partial charge in [0, 0.05) is 6.92 Å². The first-order valence-electron chi connectivity index (χ1n) is 12.0. The first-order valence-corrected chi connectivity index (χ1v) is 12.0. The molecule has 27 heavy (non-hydrogen) atoms. The maximum atomic E-state index is 6.11. The molecule has 0 atom stereocenters. The minimum absolute atomic E-state index is 0.581. The van der Waals surface area contributed by atoms with E-state index < -0.39 is 5.91 Å². The second-order valence-corrected chi connectivity index (χ2v) is 8.44. The summed E-state index contributed by atoms with van der Waals surface area (Å²) in [5.74, 6) is -0.581. The second kappa shape index (κ2) is 19.2. The van der Waals surface area contributed by atoms with Crippen molar-refractivity contribution in [2.75, 3.05) is 27.3 Å². The Kier molecular flexibility index (Phi) is 19.1. The molecule has 0 unspecified atom stereocenters. The summed E-state index contributed by atoms with van der Waals surface area (Å²) in [4.78, 5) is 2.06. The van der Waals surface area contributed by atoms with Crippen molar-refractivity contribution in [1.82, 2.24) is 4.90 Å². The Balaban J connectivity index is 3.67. The predicted octanol–water partition coefficient (Wildman–Crippen LogP) is 7.54. The fraction of sp³-hybridized carbons (Fsp3) is 1.00. The summed E-state index contributed by atoms with van der Waals surface area (Å²) in [6.45, 7) is 8.19. The van der Waals surface area contributed by atoms with Crippen molar-refractivity contribution in [1.29, 1.82) is 0 Å². The Morgan fingerprint density at radius 2 is 0.815 bits per heavy atom. The first-order chi connectivity index (χ1) is 13.1. The molecule has 0 saturated carbocycles. The van der Waals surface area contributed by atoms with Gasteiger partial charge < -0.3 is 9.47 Å². The summed E-state index contributed by atoms with van der Waals surface area (Å²) >= 11 is 0. The van der Waals surface area contributed by atoms with Gasteiger partial charge in [0.05, 0.1) is 13.2 Å². The van der Waals surface area contributed by atoms with Crippen molar-refractivity contribution < 1.29 is 9.47 Å². The van der Waals surface area contributed by atoms with Crippen LogP contribution < -0.4 is 0 Å². The quantitative estimate of drug-likeness (QED) is 0.150. The van der Waals surface area contributed by atoms with E-state index in [1.165, 1.54) is 89.9 Å². The molecule has 0 N–H and O–H groups in total. The molecule has 164 valence electrons. The van der Waals surface area contributed by atoms with Crippen molar-refractivity contribution >= 4 is 0 Å². The Morgan fingerprint density at radius 1 is 0.519 bits per heavy atom. The average Bonchev–Trinajstić information content (AvgIpc) is 2.65. The summed E-state index contributed by atoms with van der Waals surface area (Å²) in [5.41, 5.74) is 0. The number of hydrogen-bond acceptors (Lipinski definition) is 3. The highest BCUT2D eigenvalue weighted by atomic mass is 16.7. The van der Waals surface area contributed by atoms with Crippen LogP contribution in [-0.2, 0) is 9.47 Å². The zero-order valence-corrected chi connectivity index (χ0v) is 19.5. The Labute approximate surface area is 171 Å². The fourth-order valence-electron chi connectivity index (χ4n) is 3.29. The molecule has 3 nitrogen and oxygen atoms in total. The van der Waals surface area contributed by atoms with E-state index in [4.69, 9.17) is 9.47 Å². The molecule has 0 amide bonds. The van der Waals surface area contributed by atoms with Gasteiger partial charge in [0.2, 0.25) is 5.91 Å². The number of nitrogens with zero attached hydrogens (tertiary/aromatic N) is 1. The third kappa shape index (κ3) is 16.5. The van der Waals surface area contributed by atoms with Crippen molar-refractivity contribution in [2.24, 2.45) is 0 Å². The maximum absolute atomic E-state index is 6.11. The zero-order chi connectivity index (χ0) is 20.2. The molecule has 0 spiro atoms. The van der Waals surface area contributed by atoms with Gasteiger partial charge in [-0.05, 0) is 26.9 Å². The van der Waals surface area contributed by atoms with E-state index in [9.17, 15) is 0 Å². The molecule has 0 radical (unpaired) electrons. The minimum atomic E-state index is -0.581. The van der Waals surface area contributed by atoms with Crippen LogP contribution >= 0.6 is 0 Å².